The average molecular weight is 495 g/mol. The third kappa shape index (κ3) is 8.19. The Bertz CT molecular complexity index is 654. The number of likely N-dealkylation sites (N-methyl/N-ethyl adjacent to an activating group) is 1. The lowest BCUT2D eigenvalue weighted by atomic mass is 10.2. The first kappa shape index (κ1) is 23.1. The molecule has 1 heterocycles. The number of guanidine groups is 1. The van der Waals surface area contributed by atoms with Crippen LogP contribution in [0.25, 0.3) is 0 Å². The van der Waals surface area contributed by atoms with Crippen molar-refractivity contribution in [2.75, 3.05) is 31.9 Å². The molecule has 1 atom stereocenters. The molecule has 7 nitrogen and oxygen atoms in total. The molecule has 1 fully saturated rings. The van der Waals surface area contributed by atoms with Crippen molar-refractivity contribution < 1.29 is 8.42 Å². The second-order valence-electron chi connectivity index (χ2n) is 6.20. The van der Waals surface area contributed by atoms with Gasteiger partial charge in [-0.3, -0.25) is 9.89 Å². The van der Waals surface area contributed by atoms with Crippen molar-refractivity contribution in [2.45, 2.75) is 32.4 Å². The summed E-state index contributed by atoms with van der Waals surface area (Å²) in [6.07, 6.45) is 2.34. The van der Waals surface area contributed by atoms with Crippen LogP contribution in [0.5, 0.6) is 0 Å². The van der Waals surface area contributed by atoms with Crippen molar-refractivity contribution in [2.24, 2.45) is 10.7 Å². The highest BCUT2D eigenvalue weighted by Gasteiger charge is 2.22. The van der Waals surface area contributed by atoms with Gasteiger partial charge in [0.2, 0.25) is 10.0 Å². The van der Waals surface area contributed by atoms with Gasteiger partial charge in [-0.15, -0.1) is 24.0 Å². The third-order valence-corrected chi connectivity index (χ3v) is 5.72. The van der Waals surface area contributed by atoms with E-state index in [1.807, 2.05) is 30.3 Å². The molecule has 1 aliphatic rings. The molecule has 9 heteroatoms. The molecule has 0 amide bonds. The quantitative estimate of drug-likeness (QED) is 0.271. The van der Waals surface area contributed by atoms with Crippen LogP contribution in [0.2, 0.25) is 0 Å². The van der Waals surface area contributed by atoms with E-state index < -0.39 is 10.0 Å². The topological polar surface area (TPSA) is 99.8 Å². The number of aliphatic imine (C=N–C) groups is 1. The van der Waals surface area contributed by atoms with Gasteiger partial charge >= 0.3 is 0 Å². The maximum atomic E-state index is 12.0. The number of likely N-dealkylation sites (tertiary alicyclic amines) is 1. The van der Waals surface area contributed by atoms with Gasteiger partial charge in [0.15, 0.2) is 5.96 Å². The van der Waals surface area contributed by atoms with Crippen molar-refractivity contribution >= 4 is 40.0 Å². The van der Waals surface area contributed by atoms with E-state index in [4.69, 9.17) is 5.73 Å². The largest absolute Gasteiger partial charge is 0.370 e. The first-order valence-electron chi connectivity index (χ1n) is 8.79. The van der Waals surface area contributed by atoms with E-state index in [1.54, 1.807) is 0 Å². The number of nitrogens with two attached hydrogens (primary N) is 1. The van der Waals surface area contributed by atoms with Crippen LogP contribution >= 0.6 is 24.0 Å². The molecule has 1 saturated heterocycles. The smallest absolute Gasteiger partial charge is 0.213 e. The van der Waals surface area contributed by atoms with Crippen LogP contribution in [0.1, 0.15) is 25.3 Å². The van der Waals surface area contributed by atoms with E-state index in [2.05, 4.69) is 26.9 Å². The zero-order valence-corrected chi connectivity index (χ0v) is 18.4. The molecule has 0 saturated carbocycles. The number of benzene rings is 1. The normalized spacial score (nSPS) is 18.5. The van der Waals surface area contributed by atoms with Gasteiger partial charge in [0.25, 0.3) is 0 Å². The molecule has 1 aromatic carbocycles. The molecular formula is C17H30IN5O2S. The highest BCUT2D eigenvalue weighted by Crippen LogP contribution is 2.16. The summed E-state index contributed by atoms with van der Waals surface area (Å²) >= 11 is 0. The van der Waals surface area contributed by atoms with Gasteiger partial charge in [0.05, 0.1) is 12.3 Å². The Morgan fingerprint density at radius 1 is 1.35 bits per heavy atom. The molecule has 0 aromatic heterocycles. The van der Waals surface area contributed by atoms with Crippen molar-refractivity contribution in [1.82, 2.24) is 14.9 Å². The van der Waals surface area contributed by atoms with E-state index in [1.165, 1.54) is 6.42 Å². The molecular weight excluding hydrogens is 465 g/mol. The minimum absolute atomic E-state index is 0. The number of sulfonamides is 1. The lowest BCUT2D eigenvalue weighted by Crippen LogP contribution is -2.39. The van der Waals surface area contributed by atoms with Crippen molar-refractivity contribution in [1.29, 1.82) is 0 Å². The van der Waals surface area contributed by atoms with Gasteiger partial charge < -0.3 is 11.1 Å². The van der Waals surface area contributed by atoms with Crippen LogP contribution in [-0.4, -0.2) is 57.3 Å². The van der Waals surface area contributed by atoms with Crippen LogP contribution in [0.3, 0.4) is 0 Å². The molecule has 0 spiro atoms. The second-order valence-corrected chi connectivity index (χ2v) is 8.13. The summed E-state index contributed by atoms with van der Waals surface area (Å²) in [6, 6.07) is 9.87. The van der Waals surface area contributed by atoms with Crippen molar-refractivity contribution in [3.8, 4) is 0 Å². The van der Waals surface area contributed by atoms with E-state index in [0.29, 0.717) is 25.1 Å². The first-order chi connectivity index (χ1) is 12.0. The average Bonchev–Trinajstić information content (AvgIpc) is 3.07. The SMILES string of the molecule is CCN1CCCC1CN=C(N)NCCS(=O)(=O)NCc1ccccc1.I. The summed E-state index contributed by atoms with van der Waals surface area (Å²) in [5.41, 5.74) is 6.77. The fourth-order valence-electron chi connectivity index (χ4n) is 2.95. The van der Waals surface area contributed by atoms with Gasteiger partial charge in [0.1, 0.15) is 0 Å². The van der Waals surface area contributed by atoms with E-state index in [9.17, 15) is 8.42 Å². The van der Waals surface area contributed by atoms with E-state index in [0.717, 1.165) is 25.1 Å². The first-order valence-corrected chi connectivity index (χ1v) is 10.4. The van der Waals surface area contributed by atoms with Gasteiger partial charge in [-0.05, 0) is 31.5 Å². The monoisotopic (exact) mass is 495 g/mol. The van der Waals surface area contributed by atoms with Gasteiger partial charge in [-0.1, -0.05) is 37.3 Å². The molecule has 1 unspecified atom stereocenters. The minimum Gasteiger partial charge on any atom is -0.370 e. The maximum absolute atomic E-state index is 12.0. The van der Waals surface area contributed by atoms with E-state index in [-0.39, 0.29) is 36.3 Å². The summed E-state index contributed by atoms with van der Waals surface area (Å²) in [6.45, 7) is 5.49. The molecule has 26 heavy (non-hydrogen) atoms. The Hall–Kier alpha value is -0.910. The van der Waals surface area contributed by atoms with Crippen LogP contribution in [0.15, 0.2) is 35.3 Å². The second kappa shape index (κ2) is 11.7. The number of rotatable bonds is 9. The Labute approximate surface area is 173 Å². The molecule has 1 aliphatic heterocycles. The highest BCUT2D eigenvalue weighted by molar-refractivity contribution is 14.0. The summed E-state index contributed by atoms with van der Waals surface area (Å²) in [4.78, 5) is 6.74. The predicted molar refractivity (Wildman–Crippen MR) is 117 cm³/mol. The zero-order valence-electron chi connectivity index (χ0n) is 15.2. The van der Waals surface area contributed by atoms with Gasteiger partial charge in [0, 0.05) is 19.1 Å². The molecule has 0 radical (unpaired) electrons. The Kier molecular flexibility index (Phi) is 10.4. The van der Waals surface area contributed by atoms with Crippen LogP contribution < -0.4 is 15.8 Å². The van der Waals surface area contributed by atoms with Crippen molar-refractivity contribution in [3.05, 3.63) is 35.9 Å². The van der Waals surface area contributed by atoms with Crippen LogP contribution in [0, 0.1) is 0 Å². The summed E-state index contributed by atoms with van der Waals surface area (Å²) in [7, 11) is -3.35. The lowest BCUT2D eigenvalue weighted by Gasteiger charge is -2.20. The summed E-state index contributed by atoms with van der Waals surface area (Å²) < 4.78 is 26.6. The Morgan fingerprint density at radius 3 is 2.77 bits per heavy atom. The minimum atomic E-state index is -3.35. The molecule has 0 bridgehead atoms. The fraction of sp³-hybridized carbons (Fsp3) is 0.588. The van der Waals surface area contributed by atoms with E-state index >= 15 is 0 Å². The summed E-state index contributed by atoms with van der Waals surface area (Å²) in [5.74, 6) is 0.266. The summed E-state index contributed by atoms with van der Waals surface area (Å²) in [5, 5.41) is 2.88. The highest BCUT2D eigenvalue weighted by atomic mass is 127. The van der Waals surface area contributed by atoms with Crippen LogP contribution in [0.4, 0.5) is 0 Å². The van der Waals surface area contributed by atoms with Crippen LogP contribution in [-0.2, 0) is 16.6 Å². The number of halogens is 1. The zero-order chi connectivity index (χ0) is 18.1. The van der Waals surface area contributed by atoms with Gasteiger partial charge in [-0.25, -0.2) is 13.1 Å². The maximum Gasteiger partial charge on any atom is 0.213 e. The number of nitrogens with zero attached hydrogens (tertiary/aromatic N) is 2. The standard InChI is InChI=1S/C17H29N5O2S.HI/c1-2-22-11-6-9-16(22)14-20-17(18)19-10-12-25(23,24)21-13-15-7-4-3-5-8-15;/h3-5,7-8,16,21H,2,6,9-14H2,1H3,(H3,18,19,20);1H. The predicted octanol–water partition coefficient (Wildman–Crippen LogP) is 1.11. The van der Waals surface area contributed by atoms with Crippen molar-refractivity contribution in [3.63, 3.8) is 0 Å². The molecule has 1 aromatic rings. The molecule has 4 N–H and O–H groups in total. The lowest BCUT2D eigenvalue weighted by molar-refractivity contribution is 0.273. The Morgan fingerprint density at radius 2 is 2.08 bits per heavy atom. The number of nitrogens with one attached hydrogen (secondary N) is 2. The fourth-order valence-corrected chi connectivity index (χ4v) is 3.85. The third-order valence-electron chi connectivity index (χ3n) is 4.39. The van der Waals surface area contributed by atoms with Gasteiger partial charge in [-0.2, -0.15) is 0 Å². The Balaban J connectivity index is 0.00000338. The number of hydrogen-bond acceptors (Lipinski definition) is 4. The molecule has 0 aliphatic carbocycles. The molecule has 2 rings (SSSR count). The number of hydrogen-bond donors (Lipinski definition) is 3. The molecule has 148 valence electrons.